The number of amides is 1. The SMILES string of the molecule is Cc1ccc(CN2OCCC2=O)cc1. The largest absolute Gasteiger partial charge is 0.272 e. The molecule has 3 heteroatoms. The predicted molar refractivity (Wildman–Crippen MR) is 52.3 cm³/mol. The van der Waals surface area contributed by atoms with Crippen LogP contribution in [0.2, 0.25) is 0 Å². The van der Waals surface area contributed by atoms with Crippen LogP contribution in [0.25, 0.3) is 0 Å². The number of benzene rings is 1. The number of nitrogens with zero attached hydrogens (tertiary/aromatic N) is 1. The normalized spacial score (nSPS) is 16.4. The summed E-state index contributed by atoms with van der Waals surface area (Å²) < 4.78 is 0. The Morgan fingerprint density at radius 2 is 2.07 bits per heavy atom. The van der Waals surface area contributed by atoms with E-state index in [9.17, 15) is 4.79 Å². The second-order valence-corrected chi connectivity index (χ2v) is 3.50. The summed E-state index contributed by atoms with van der Waals surface area (Å²) in [5, 5.41) is 1.44. The molecule has 0 aromatic heterocycles. The third-order valence-electron chi connectivity index (χ3n) is 2.29. The molecular formula is C11H13NO2. The average Bonchev–Trinajstić information content (AvgIpc) is 2.56. The van der Waals surface area contributed by atoms with Crippen molar-refractivity contribution < 1.29 is 9.63 Å². The first-order valence-corrected chi connectivity index (χ1v) is 4.74. The van der Waals surface area contributed by atoms with Crippen LogP contribution in [0.3, 0.4) is 0 Å². The van der Waals surface area contributed by atoms with Crippen LogP contribution < -0.4 is 0 Å². The molecule has 0 N–H and O–H groups in total. The summed E-state index contributed by atoms with van der Waals surface area (Å²) in [6.45, 7) is 3.12. The zero-order chi connectivity index (χ0) is 9.97. The first kappa shape index (κ1) is 9.21. The Kier molecular flexibility index (Phi) is 2.50. The van der Waals surface area contributed by atoms with Gasteiger partial charge in [0.05, 0.1) is 19.6 Å². The Morgan fingerprint density at radius 1 is 1.36 bits per heavy atom. The van der Waals surface area contributed by atoms with E-state index in [2.05, 4.69) is 0 Å². The van der Waals surface area contributed by atoms with E-state index in [1.54, 1.807) is 0 Å². The number of carbonyl (C=O) groups excluding carboxylic acids is 1. The van der Waals surface area contributed by atoms with Crippen molar-refractivity contribution in [1.29, 1.82) is 0 Å². The summed E-state index contributed by atoms with van der Waals surface area (Å²) in [5.41, 5.74) is 2.33. The van der Waals surface area contributed by atoms with Gasteiger partial charge in [0.2, 0.25) is 5.91 Å². The van der Waals surface area contributed by atoms with Crippen LogP contribution in [0.5, 0.6) is 0 Å². The standard InChI is InChI=1S/C11H13NO2/c1-9-2-4-10(5-3-9)8-12-11(13)6-7-14-12/h2-5H,6-8H2,1H3. The number of hydrogen-bond donors (Lipinski definition) is 0. The Morgan fingerprint density at radius 3 is 2.64 bits per heavy atom. The van der Waals surface area contributed by atoms with Gasteiger partial charge in [-0.15, -0.1) is 0 Å². The van der Waals surface area contributed by atoms with Crippen LogP contribution >= 0.6 is 0 Å². The summed E-state index contributed by atoms with van der Waals surface area (Å²) >= 11 is 0. The van der Waals surface area contributed by atoms with Gasteiger partial charge in [0.25, 0.3) is 0 Å². The molecule has 0 spiro atoms. The minimum Gasteiger partial charge on any atom is -0.272 e. The Balaban J connectivity index is 2.03. The molecule has 0 atom stereocenters. The van der Waals surface area contributed by atoms with Crippen molar-refractivity contribution in [3.05, 3.63) is 35.4 Å². The molecule has 1 aliphatic heterocycles. The molecule has 3 nitrogen and oxygen atoms in total. The lowest BCUT2D eigenvalue weighted by Crippen LogP contribution is -2.22. The van der Waals surface area contributed by atoms with Crippen LogP contribution in [0.1, 0.15) is 17.5 Å². The molecular weight excluding hydrogens is 178 g/mol. The maximum Gasteiger partial charge on any atom is 0.248 e. The summed E-state index contributed by atoms with van der Waals surface area (Å²) in [6.07, 6.45) is 0.506. The number of hydroxylamine groups is 2. The lowest BCUT2D eigenvalue weighted by atomic mass is 10.1. The van der Waals surface area contributed by atoms with Crippen molar-refractivity contribution in [2.75, 3.05) is 6.61 Å². The second kappa shape index (κ2) is 3.80. The van der Waals surface area contributed by atoms with E-state index < -0.39 is 0 Å². The van der Waals surface area contributed by atoms with Gasteiger partial charge in [0, 0.05) is 0 Å². The minimum atomic E-state index is 0.0746. The molecule has 1 saturated heterocycles. The topological polar surface area (TPSA) is 29.5 Å². The third kappa shape index (κ3) is 1.93. The molecule has 0 unspecified atom stereocenters. The number of aryl methyl sites for hydroxylation is 1. The average molecular weight is 191 g/mol. The van der Waals surface area contributed by atoms with E-state index in [0.29, 0.717) is 19.6 Å². The predicted octanol–water partition coefficient (Wildman–Crippen LogP) is 1.66. The van der Waals surface area contributed by atoms with E-state index in [-0.39, 0.29) is 5.91 Å². The molecule has 1 aliphatic rings. The van der Waals surface area contributed by atoms with Gasteiger partial charge in [-0.3, -0.25) is 9.63 Å². The van der Waals surface area contributed by atoms with Gasteiger partial charge < -0.3 is 0 Å². The zero-order valence-electron chi connectivity index (χ0n) is 8.19. The maximum atomic E-state index is 11.2. The van der Waals surface area contributed by atoms with Crippen molar-refractivity contribution >= 4 is 5.91 Å². The lowest BCUT2D eigenvalue weighted by Gasteiger charge is -2.13. The molecule has 74 valence electrons. The quantitative estimate of drug-likeness (QED) is 0.711. The van der Waals surface area contributed by atoms with Crippen LogP contribution in [0.15, 0.2) is 24.3 Å². The molecule has 0 radical (unpaired) electrons. The van der Waals surface area contributed by atoms with Gasteiger partial charge in [0.1, 0.15) is 0 Å². The van der Waals surface area contributed by atoms with Gasteiger partial charge in [-0.1, -0.05) is 29.8 Å². The lowest BCUT2D eigenvalue weighted by molar-refractivity contribution is -0.164. The van der Waals surface area contributed by atoms with E-state index in [1.807, 2.05) is 31.2 Å². The smallest absolute Gasteiger partial charge is 0.248 e. The van der Waals surface area contributed by atoms with Gasteiger partial charge in [0.15, 0.2) is 0 Å². The molecule has 1 aromatic rings. The molecule has 0 aliphatic carbocycles. The number of hydrogen-bond acceptors (Lipinski definition) is 2. The highest BCUT2D eigenvalue weighted by Crippen LogP contribution is 2.12. The molecule has 1 amide bonds. The van der Waals surface area contributed by atoms with Crippen LogP contribution in [-0.2, 0) is 16.2 Å². The summed E-state index contributed by atoms with van der Waals surface area (Å²) in [5.74, 6) is 0.0746. The molecule has 2 rings (SSSR count). The highest BCUT2D eigenvalue weighted by Gasteiger charge is 2.21. The van der Waals surface area contributed by atoms with E-state index in [1.165, 1.54) is 10.6 Å². The van der Waals surface area contributed by atoms with Crippen molar-refractivity contribution in [3.63, 3.8) is 0 Å². The van der Waals surface area contributed by atoms with Crippen molar-refractivity contribution in [3.8, 4) is 0 Å². The van der Waals surface area contributed by atoms with Crippen LogP contribution in [-0.4, -0.2) is 17.6 Å². The van der Waals surface area contributed by atoms with E-state index in [0.717, 1.165) is 5.56 Å². The Hall–Kier alpha value is -1.35. The number of rotatable bonds is 2. The fraction of sp³-hybridized carbons (Fsp3) is 0.364. The van der Waals surface area contributed by atoms with Gasteiger partial charge >= 0.3 is 0 Å². The molecule has 1 aromatic carbocycles. The summed E-state index contributed by atoms with van der Waals surface area (Å²) in [7, 11) is 0. The van der Waals surface area contributed by atoms with Crippen molar-refractivity contribution in [1.82, 2.24) is 5.06 Å². The molecule has 0 saturated carbocycles. The highest BCUT2D eigenvalue weighted by atomic mass is 16.7. The molecule has 14 heavy (non-hydrogen) atoms. The fourth-order valence-electron chi connectivity index (χ4n) is 1.43. The fourth-order valence-corrected chi connectivity index (χ4v) is 1.43. The summed E-state index contributed by atoms with van der Waals surface area (Å²) in [6, 6.07) is 8.11. The van der Waals surface area contributed by atoms with Crippen LogP contribution in [0, 0.1) is 6.92 Å². The Bertz CT molecular complexity index is 332. The first-order chi connectivity index (χ1) is 6.75. The van der Waals surface area contributed by atoms with Crippen LogP contribution in [0.4, 0.5) is 0 Å². The number of carbonyl (C=O) groups is 1. The zero-order valence-corrected chi connectivity index (χ0v) is 8.19. The monoisotopic (exact) mass is 191 g/mol. The van der Waals surface area contributed by atoms with Gasteiger partial charge in [-0.25, -0.2) is 5.06 Å². The first-order valence-electron chi connectivity index (χ1n) is 4.74. The van der Waals surface area contributed by atoms with Crippen molar-refractivity contribution in [2.24, 2.45) is 0 Å². The highest BCUT2D eigenvalue weighted by molar-refractivity contribution is 5.76. The van der Waals surface area contributed by atoms with Crippen molar-refractivity contribution in [2.45, 2.75) is 19.9 Å². The van der Waals surface area contributed by atoms with E-state index in [4.69, 9.17) is 4.84 Å². The second-order valence-electron chi connectivity index (χ2n) is 3.50. The minimum absolute atomic E-state index is 0.0746. The maximum absolute atomic E-state index is 11.2. The van der Waals surface area contributed by atoms with Gasteiger partial charge in [-0.2, -0.15) is 0 Å². The third-order valence-corrected chi connectivity index (χ3v) is 2.29. The molecule has 0 bridgehead atoms. The molecule has 1 fully saturated rings. The summed E-state index contributed by atoms with van der Waals surface area (Å²) in [4.78, 5) is 16.4. The Labute approximate surface area is 83.2 Å². The molecule has 1 heterocycles. The van der Waals surface area contributed by atoms with E-state index >= 15 is 0 Å². The van der Waals surface area contributed by atoms with Gasteiger partial charge in [-0.05, 0) is 12.5 Å².